The number of amides is 1. The van der Waals surface area contributed by atoms with Crippen LogP contribution in [0.3, 0.4) is 0 Å². The van der Waals surface area contributed by atoms with Gasteiger partial charge in [0.25, 0.3) is 0 Å². The molecule has 3 aromatic heterocycles. The van der Waals surface area contributed by atoms with Crippen molar-refractivity contribution in [2.24, 2.45) is 11.7 Å². The molecule has 0 spiro atoms. The predicted octanol–water partition coefficient (Wildman–Crippen LogP) is 2.65. The molecule has 0 atom stereocenters. The van der Waals surface area contributed by atoms with E-state index < -0.39 is 6.09 Å². The summed E-state index contributed by atoms with van der Waals surface area (Å²) in [4.78, 5) is 24.2. The van der Waals surface area contributed by atoms with Gasteiger partial charge in [-0.1, -0.05) is 18.2 Å². The highest BCUT2D eigenvalue weighted by molar-refractivity contribution is 5.93. The van der Waals surface area contributed by atoms with Crippen LogP contribution in [0.5, 0.6) is 5.75 Å². The van der Waals surface area contributed by atoms with E-state index in [2.05, 4.69) is 20.1 Å². The first-order valence-electron chi connectivity index (χ1n) is 10.4. The molecule has 6 N–H and O–H groups in total. The summed E-state index contributed by atoms with van der Waals surface area (Å²) in [6.45, 7) is 0.164. The molecule has 1 fully saturated rings. The number of rotatable bonds is 6. The van der Waals surface area contributed by atoms with Crippen molar-refractivity contribution in [2.75, 3.05) is 11.5 Å². The number of halogens is 1. The smallest absolute Gasteiger partial charge is 0.403 e. The maximum atomic E-state index is 14.3. The zero-order chi connectivity index (χ0) is 23.1. The van der Waals surface area contributed by atoms with Crippen molar-refractivity contribution in [1.82, 2.24) is 24.7 Å². The van der Waals surface area contributed by atoms with Gasteiger partial charge in [-0.05, 0) is 42.9 Å². The van der Waals surface area contributed by atoms with Crippen LogP contribution >= 0.6 is 0 Å². The van der Waals surface area contributed by atoms with E-state index in [1.54, 1.807) is 29.1 Å². The lowest BCUT2D eigenvalue weighted by molar-refractivity contribution is 0.211. The molecule has 0 aliphatic heterocycles. The highest BCUT2D eigenvalue weighted by Gasteiger charge is 2.27. The average Bonchev–Trinajstić information content (AvgIpc) is 3.51. The normalized spacial score (nSPS) is 13.4. The Morgan fingerprint density at radius 2 is 1.85 bits per heavy atom. The Kier molecular flexibility index (Phi) is 5.00. The van der Waals surface area contributed by atoms with Gasteiger partial charge in [0.15, 0.2) is 23.1 Å². The molecule has 4 aromatic rings. The number of carbonyl (C=O) groups is 1. The monoisotopic (exact) mass is 448 g/mol. The SMILES string of the molecule is NC(=O)Oc1c(N)nc(-c2nn(Cc3ccccc3F)c3nccc(CC4CC4)c23)nc1N. The molecule has 1 aliphatic rings. The minimum Gasteiger partial charge on any atom is -0.403 e. The number of nitrogens with two attached hydrogens (primary N) is 3. The second-order valence-electron chi connectivity index (χ2n) is 7.98. The van der Waals surface area contributed by atoms with E-state index in [0.29, 0.717) is 22.8 Å². The Labute approximate surface area is 187 Å². The van der Waals surface area contributed by atoms with Crippen molar-refractivity contribution in [3.8, 4) is 17.3 Å². The number of primary amides is 1. The summed E-state index contributed by atoms with van der Waals surface area (Å²) in [6.07, 6.45) is 3.82. The molecular weight excluding hydrogens is 427 g/mol. The average molecular weight is 448 g/mol. The Balaban J connectivity index is 1.68. The lowest BCUT2D eigenvalue weighted by Crippen LogP contribution is -2.19. The van der Waals surface area contributed by atoms with Crippen molar-refractivity contribution >= 4 is 28.8 Å². The molecule has 168 valence electrons. The number of hydrogen-bond acceptors (Lipinski definition) is 8. The molecule has 0 radical (unpaired) electrons. The standard InChI is InChI=1S/C22H21FN8O2/c23-14-4-2-1-3-13(14)10-31-21-15(12(7-8-27-21)9-11-5-6-11)16(30-31)20-28-18(24)17(19(25)29-20)33-22(26)32/h1-4,7-8,11H,5-6,9-10H2,(H2,26,32)(H4,24,25,28,29). The third-order valence-electron chi connectivity index (χ3n) is 5.54. The van der Waals surface area contributed by atoms with E-state index in [0.717, 1.165) is 30.2 Å². The van der Waals surface area contributed by atoms with Crippen LogP contribution in [-0.4, -0.2) is 30.8 Å². The van der Waals surface area contributed by atoms with Gasteiger partial charge in [-0.2, -0.15) is 5.10 Å². The van der Waals surface area contributed by atoms with Crippen molar-refractivity contribution < 1.29 is 13.9 Å². The summed E-state index contributed by atoms with van der Waals surface area (Å²) in [7, 11) is 0. The molecule has 0 unspecified atom stereocenters. The molecule has 1 aliphatic carbocycles. The first-order valence-corrected chi connectivity index (χ1v) is 10.4. The van der Waals surface area contributed by atoms with Gasteiger partial charge in [0.2, 0.25) is 5.75 Å². The van der Waals surface area contributed by atoms with Crippen LogP contribution in [0.1, 0.15) is 24.0 Å². The number of pyridine rings is 1. The molecular formula is C22H21FN8O2. The zero-order valence-electron chi connectivity index (χ0n) is 17.5. The Morgan fingerprint density at radius 1 is 1.12 bits per heavy atom. The number of fused-ring (bicyclic) bond motifs is 1. The van der Waals surface area contributed by atoms with E-state index in [9.17, 15) is 9.18 Å². The molecule has 33 heavy (non-hydrogen) atoms. The topological polar surface area (TPSA) is 161 Å². The minimum absolute atomic E-state index is 0.143. The second-order valence-corrected chi connectivity index (χ2v) is 7.98. The van der Waals surface area contributed by atoms with Gasteiger partial charge in [-0.15, -0.1) is 0 Å². The van der Waals surface area contributed by atoms with Gasteiger partial charge in [0.1, 0.15) is 11.5 Å². The van der Waals surface area contributed by atoms with Crippen LogP contribution in [0, 0.1) is 11.7 Å². The van der Waals surface area contributed by atoms with E-state index in [1.807, 2.05) is 6.07 Å². The molecule has 1 aromatic carbocycles. The predicted molar refractivity (Wildman–Crippen MR) is 120 cm³/mol. The third-order valence-corrected chi connectivity index (χ3v) is 5.54. The van der Waals surface area contributed by atoms with Gasteiger partial charge in [-0.3, -0.25) is 0 Å². The number of carbonyl (C=O) groups excluding carboxylic acids is 1. The van der Waals surface area contributed by atoms with Crippen LogP contribution in [0.2, 0.25) is 0 Å². The zero-order valence-corrected chi connectivity index (χ0v) is 17.5. The number of benzene rings is 1. The number of hydrogen-bond donors (Lipinski definition) is 3. The lowest BCUT2D eigenvalue weighted by Gasteiger charge is -2.08. The molecule has 10 nitrogen and oxygen atoms in total. The Bertz CT molecular complexity index is 1360. The first-order chi connectivity index (χ1) is 15.9. The van der Waals surface area contributed by atoms with Gasteiger partial charge < -0.3 is 21.9 Å². The Morgan fingerprint density at radius 3 is 2.52 bits per heavy atom. The number of aromatic nitrogens is 5. The Hall–Kier alpha value is -4.28. The van der Waals surface area contributed by atoms with Crippen LogP contribution in [0.25, 0.3) is 22.6 Å². The van der Waals surface area contributed by atoms with Crippen molar-refractivity contribution in [3.05, 3.63) is 53.5 Å². The maximum Gasteiger partial charge on any atom is 0.410 e. The summed E-state index contributed by atoms with van der Waals surface area (Å²) in [6, 6.07) is 8.43. The fraction of sp³-hybridized carbons (Fsp3) is 0.227. The summed E-state index contributed by atoms with van der Waals surface area (Å²) in [5, 5.41) is 5.43. The summed E-state index contributed by atoms with van der Waals surface area (Å²) in [5.41, 5.74) is 19.5. The number of nitrogen functional groups attached to an aromatic ring is 2. The number of anilines is 2. The van der Waals surface area contributed by atoms with Crippen LogP contribution in [0.15, 0.2) is 36.5 Å². The van der Waals surface area contributed by atoms with Gasteiger partial charge in [0.05, 0.1) is 11.9 Å². The number of ether oxygens (including phenoxy) is 1. The maximum absolute atomic E-state index is 14.3. The van der Waals surface area contributed by atoms with Crippen LogP contribution in [-0.2, 0) is 13.0 Å². The van der Waals surface area contributed by atoms with Crippen LogP contribution < -0.4 is 21.9 Å². The lowest BCUT2D eigenvalue weighted by atomic mass is 10.0. The molecule has 5 rings (SSSR count). The van der Waals surface area contributed by atoms with Crippen molar-refractivity contribution in [2.45, 2.75) is 25.8 Å². The third kappa shape index (κ3) is 4.00. The quantitative estimate of drug-likeness (QED) is 0.406. The largest absolute Gasteiger partial charge is 0.410 e. The van der Waals surface area contributed by atoms with E-state index >= 15 is 0 Å². The van der Waals surface area contributed by atoms with Gasteiger partial charge in [0, 0.05) is 11.8 Å². The molecule has 3 heterocycles. The molecule has 0 saturated heterocycles. The highest BCUT2D eigenvalue weighted by Crippen LogP contribution is 2.37. The molecule has 0 bridgehead atoms. The molecule has 1 amide bonds. The fourth-order valence-electron chi connectivity index (χ4n) is 3.82. The van der Waals surface area contributed by atoms with Crippen molar-refractivity contribution in [3.63, 3.8) is 0 Å². The van der Waals surface area contributed by atoms with E-state index in [1.165, 1.54) is 6.07 Å². The second kappa shape index (κ2) is 8.01. The van der Waals surface area contributed by atoms with E-state index in [-0.39, 0.29) is 35.6 Å². The summed E-state index contributed by atoms with van der Waals surface area (Å²) in [5.74, 6) is -0.112. The minimum atomic E-state index is -1.08. The highest BCUT2D eigenvalue weighted by atomic mass is 19.1. The number of nitrogens with zero attached hydrogens (tertiary/aromatic N) is 5. The van der Waals surface area contributed by atoms with Gasteiger partial charge in [-0.25, -0.2) is 28.8 Å². The van der Waals surface area contributed by atoms with Crippen LogP contribution in [0.4, 0.5) is 20.8 Å². The summed E-state index contributed by atoms with van der Waals surface area (Å²) < 4.78 is 20.8. The van der Waals surface area contributed by atoms with Crippen molar-refractivity contribution in [1.29, 1.82) is 0 Å². The molecule has 1 saturated carbocycles. The van der Waals surface area contributed by atoms with Gasteiger partial charge >= 0.3 is 6.09 Å². The molecule has 11 heteroatoms. The first kappa shape index (κ1) is 20.6. The fourth-order valence-corrected chi connectivity index (χ4v) is 3.82. The summed E-state index contributed by atoms with van der Waals surface area (Å²) >= 11 is 0. The van der Waals surface area contributed by atoms with E-state index in [4.69, 9.17) is 21.9 Å².